The highest BCUT2D eigenvalue weighted by atomic mass is 32.2. The van der Waals surface area contributed by atoms with Crippen LogP contribution in [0.5, 0.6) is 0 Å². The fraction of sp³-hybridized carbons (Fsp3) is 0.333. The molecular formula is C21H24N4O3S. The molecule has 0 aliphatic carbocycles. The molecule has 152 valence electrons. The number of para-hydroxylation sites is 2. The molecule has 1 aliphatic rings. The summed E-state index contributed by atoms with van der Waals surface area (Å²) in [5, 5.41) is 2.89. The van der Waals surface area contributed by atoms with Gasteiger partial charge in [0.2, 0.25) is 0 Å². The summed E-state index contributed by atoms with van der Waals surface area (Å²) >= 11 is 0. The van der Waals surface area contributed by atoms with Gasteiger partial charge in [0.25, 0.3) is 0 Å². The van der Waals surface area contributed by atoms with E-state index in [0.717, 1.165) is 42.5 Å². The molecular weight excluding hydrogens is 388 g/mol. The number of fused-ring (bicyclic) bond motifs is 1. The number of amides is 2. The van der Waals surface area contributed by atoms with Crippen LogP contribution >= 0.6 is 0 Å². The van der Waals surface area contributed by atoms with E-state index in [1.54, 1.807) is 12.1 Å². The summed E-state index contributed by atoms with van der Waals surface area (Å²) < 4.78 is 25.4. The fourth-order valence-electron chi connectivity index (χ4n) is 3.94. The van der Waals surface area contributed by atoms with E-state index in [4.69, 9.17) is 4.98 Å². The van der Waals surface area contributed by atoms with E-state index in [-0.39, 0.29) is 17.0 Å². The minimum Gasteiger partial charge on any atom is -0.327 e. The van der Waals surface area contributed by atoms with Crippen LogP contribution in [0.15, 0.2) is 53.4 Å². The molecule has 0 spiro atoms. The van der Waals surface area contributed by atoms with Crippen molar-refractivity contribution in [3.8, 4) is 0 Å². The number of likely N-dealkylation sites (tertiary alicyclic amines) is 1. The summed E-state index contributed by atoms with van der Waals surface area (Å²) in [6.45, 7) is 3.53. The van der Waals surface area contributed by atoms with Crippen molar-refractivity contribution in [1.29, 1.82) is 0 Å². The van der Waals surface area contributed by atoms with Crippen molar-refractivity contribution in [1.82, 2.24) is 14.5 Å². The Morgan fingerprint density at radius 1 is 1.17 bits per heavy atom. The Labute approximate surface area is 170 Å². The lowest BCUT2D eigenvalue weighted by Crippen LogP contribution is -2.35. The molecule has 1 N–H and O–H groups in total. The molecule has 0 bridgehead atoms. The number of rotatable bonds is 4. The number of aromatic nitrogens is 2. The number of urea groups is 1. The number of hydrogen-bond donors (Lipinski definition) is 1. The number of aryl methyl sites for hydroxylation is 1. The molecule has 29 heavy (non-hydrogen) atoms. The van der Waals surface area contributed by atoms with Crippen LogP contribution in [-0.2, 0) is 16.4 Å². The number of nitrogens with zero attached hydrogens (tertiary/aromatic N) is 3. The maximum atomic E-state index is 13.0. The van der Waals surface area contributed by atoms with Crippen LogP contribution in [0.2, 0.25) is 0 Å². The SMILES string of the molecule is CCn1c(C2CCCN2C(=O)Nc2ccc(S(C)(=O)=O)cc2)nc2ccccc21. The maximum Gasteiger partial charge on any atom is 0.322 e. The summed E-state index contributed by atoms with van der Waals surface area (Å²) in [5.41, 5.74) is 2.58. The summed E-state index contributed by atoms with van der Waals surface area (Å²) in [6, 6.07) is 14.0. The number of nitrogens with one attached hydrogen (secondary N) is 1. The second kappa shape index (κ2) is 7.51. The zero-order valence-electron chi connectivity index (χ0n) is 16.5. The van der Waals surface area contributed by atoms with Crippen LogP contribution < -0.4 is 5.32 Å². The highest BCUT2D eigenvalue weighted by Crippen LogP contribution is 2.34. The molecule has 2 heterocycles. The van der Waals surface area contributed by atoms with Crippen molar-refractivity contribution in [3.63, 3.8) is 0 Å². The lowest BCUT2D eigenvalue weighted by molar-refractivity contribution is 0.204. The number of hydrogen-bond acceptors (Lipinski definition) is 4. The van der Waals surface area contributed by atoms with Gasteiger partial charge in [-0.15, -0.1) is 0 Å². The third-order valence-electron chi connectivity index (χ3n) is 5.35. The summed E-state index contributed by atoms with van der Waals surface area (Å²) in [7, 11) is -3.26. The largest absolute Gasteiger partial charge is 0.327 e. The number of benzene rings is 2. The Hall–Kier alpha value is -2.87. The van der Waals surface area contributed by atoms with Crippen LogP contribution in [0.25, 0.3) is 11.0 Å². The van der Waals surface area contributed by atoms with Gasteiger partial charge in [0.15, 0.2) is 9.84 Å². The molecule has 4 rings (SSSR count). The zero-order valence-corrected chi connectivity index (χ0v) is 17.3. The van der Waals surface area contributed by atoms with Gasteiger partial charge in [-0.05, 0) is 56.2 Å². The second-order valence-electron chi connectivity index (χ2n) is 7.28. The summed E-state index contributed by atoms with van der Waals surface area (Å²) in [5.74, 6) is 0.911. The van der Waals surface area contributed by atoms with Gasteiger partial charge < -0.3 is 14.8 Å². The van der Waals surface area contributed by atoms with Gasteiger partial charge in [0.1, 0.15) is 5.82 Å². The van der Waals surface area contributed by atoms with Gasteiger partial charge in [0.05, 0.1) is 22.0 Å². The maximum absolute atomic E-state index is 13.0. The zero-order chi connectivity index (χ0) is 20.6. The molecule has 1 atom stereocenters. The highest BCUT2D eigenvalue weighted by molar-refractivity contribution is 7.90. The molecule has 2 aromatic carbocycles. The van der Waals surface area contributed by atoms with Crippen molar-refractivity contribution >= 4 is 32.6 Å². The van der Waals surface area contributed by atoms with Crippen LogP contribution in [0.4, 0.5) is 10.5 Å². The van der Waals surface area contributed by atoms with E-state index >= 15 is 0 Å². The van der Waals surface area contributed by atoms with Gasteiger partial charge in [-0.3, -0.25) is 0 Å². The lowest BCUT2D eigenvalue weighted by Gasteiger charge is -2.25. The van der Waals surface area contributed by atoms with Crippen molar-refractivity contribution in [2.75, 3.05) is 18.1 Å². The third kappa shape index (κ3) is 3.72. The summed E-state index contributed by atoms with van der Waals surface area (Å²) in [4.78, 5) is 19.8. The van der Waals surface area contributed by atoms with E-state index in [1.807, 2.05) is 23.1 Å². The van der Waals surface area contributed by atoms with Gasteiger partial charge in [0, 0.05) is 25.0 Å². The molecule has 7 nitrogen and oxygen atoms in total. The van der Waals surface area contributed by atoms with Crippen LogP contribution in [0.1, 0.15) is 31.6 Å². The molecule has 2 amide bonds. The van der Waals surface area contributed by atoms with E-state index < -0.39 is 9.84 Å². The Bertz CT molecular complexity index is 1150. The van der Waals surface area contributed by atoms with E-state index in [2.05, 4.69) is 22.9 Å². The summed E-state index contributed by atoms with van der Waals surface area (Å²) in [6.07, 6.45) is 2.94. The van der Waals surface area contributed by atoms with Crippen molar-refractivity contribution < 1.29 is 13.2 Å². The topological polar surface area (TPSA) is 84.3 Å². The third-order valence-corrected chi connectivity index (χ3v) is 6.47. The van der Waals surface area contributed by atoms with Gasteiger partial charge in [-0.25, -0.2) is 18.2 Å². The minimum absolute atomic E-state index is 0.0855. The van der Waals surface area contributed by atoms with Crippen LogP contribution in [0.3, 0.4) is 0 Å². The van der Waals surface area contributed by atoms with Crippen molar-refractivity contribution in [2.45, 2.75) is 37.2 Å². The molecule has 8 heteroatoms. The van der Waals surface area contributed by atoms with E-state index in [0.29, 0.717) is 12.2 Å². The number of carbonyl (C=O) groups excluding carboxylic acids is 1. The lowest BCUT2D eigenvalue weighted by atomic mass is 10.2. The predicted octanol–water partition coefficient (Wildman–Crippen LogP) is 3.83. The number of carbonyl (C=O) groups is 1. The van der Waals surface area contributed by atoms with Crippen LogP contribution in [-0.4, -0.2) is 41.7 Å². The smallest absolute Gasteiger partial charge is 0.322 e. The number of anilines is 1. The number of sulfone groups is 1. The normalized spacial score (nSPS) is 17.0. The highest BCUT2D eigenvalue weighted by Gasteiger charge is 2.33. The molecule has 1 aromatic heterocycles. The number of imidazole rings is 1. The molecule has 1 fully saturated rings. The van der Waals surface area contributed by atoms with Gasteiger partial charge in [-0.2, -0.15) is 0 Å². The Balaban J connectivity index is 1.58. The quantitative estimate of drug-likeness (QED) is 0.706. The average Bonchev–Trinajstić information content (AvgIpc) is 3.31. The molecule has 1 unspecified atom stereocenters. The van der Waals surface area contributed by atoms with Crippen LogP contribution in [0, 0.1) is 0 Å². The first-order chi connectivity index (χ1) is 13.9. The fourth-order valence-corrected chi connectivity index (χ4v) is 4.57. The Morgan fingerprint density at radius 2 is 1.90 bits per heavy atom. The Kier molecular flexibility index (Phi) is 5.04. The van der Waals surface area contributed by atoms with Gasteiger partial charge >= 0.3 is 6.03 Å². The molecule has 1 saturated heterocycles. The van der Waals surface area contributed by atoms with Crippen molar-refractivity contribution in [3.05, 3.63) is 54.4 Å². The first-order valence-electron chi connectivity index (χ1n) is 9.71. The molecule has 0 saturated carbocycles. The van der Waals surface area contributed by atoms with Crippen molar-refractivity contribution in [2.24, 2.45) is 0 Å². The van der Waals surface area contributed by atoms with E-state index in [9.17, 15) is 13.2 Å². The Morgan fingerprint density at radius 3 is 2.59 bits per heavy atom. The standard InChI is InChI=1S/C21H24N4O3S/c1-3-24-18-8-5-4-7-17(18)23-20(24)19-9-6-14-25(19)21(26)22-15-10-12-16(13-11-15)29(2,27)28/h4-5,7-8,10-13,19H,3,6,9,14H2,1-2H3,(H,22,26). The first-order valence-corrected chi connectivity index (χ1v) is 11.6. The predicted molar refractivity (Wildman–Crippen MR) is 113 cm³/mol. The first kappa shape index (κ1) is 19.4. The van der Waals surface area contributed by atoms with E-state index in [1.165, 1.54) is 12.1 Å². The molecule has 1 aliphatic heterocycles. The molecule has 3 aromatic rings. The second-order valence-corrected chi connectivity index (χ2v) is 9.30. The average molecular weight is 413 g/mol. The monoisotopic (exact) mass is 412 g/mol. The minimum atomic E-state index is -3.26. The van der Waals surface area contributed by atoms with Gasteiger partial charge in [-0.1, -0.05) is 12.1 Å². The molecule has 0 radical (unpaired) electrons.